The second kappa shape index (κ2) is 5.67. The van der Waals surface area contributed by atoms with Crippen molar-refractivity contribution in [1.82, 2.24) is 9.97 Å². The molecule has 0 aliphatic heterocycles. The molecule has 7 heteroatoms. The molecule has 3 nitrogen and oxygen atoms in total. The Kier molecular flexibility index (Phi) is 4.11. The SMILES string of the molecule is Cc1nccnc1C(C)Nc1ccc(F)c(C(F)(F)F)c1. The Balaban J connectivity index is 2.26. The largest absolute Gasteiger partial charge is 0.419 e. The van der Waals surface area contributed by atoms with Crippen LogP contribution in [0.1, 0.15) is 29.9 Å². The van der Waals surface area contributed by atoms with Gasteiger partial charge in [0, 0.05) is 18.1 Å². The molecule has 0 aliphatic rings. The van der Waals surface area contributed by atoms with E-state index in [9.17, 15) is 17.6 Å². The fourth-order valence-corrected chi connectivity index (χ4v) is 1.99. The number of rotatable bonds is 3. The molecule has 0 amide bonds. The Bertz CT molecular complexity index is 640. The molecule has 1 aromatic heterocycles. The highest BCUT2D eigenvalue weighted by molar-refractivity contribution is 5.48. The average Bonchev–Trinajstić information content (AvgIpc) is 2.40. The molecule has 0 spiro atoms. The number of alkyl halides is 3. The number of nitrogens with one attached hydrogen (secondary N) is 1. The van der Waals surface area contributed by atoms with Gasteiger partial charge in [-0.05, 0) is 32.0 Å². The van der Waals surface area contributed by atoms with Gasteiger partial charge in [-0.25, -0.2) is 4.39 Å². The molecule has 1 aromatic carbocycles. The van der Waals surface area contributed by atoms with Crippen molar-refractivity contribution in [3.05, 3.63) is 53.4 Å². The van der Waals surface area contributed by atoms with Gasteiger partial charge in [-0.15, -0.1) is 0 Å². The molecule has 0 saturated heterocycles. The fraction of sp³-hybridized carbons (Fsp3) is 0.286. The lowest BCUT2D eigenvalue weighted by Gasteiger charge is -2.17. The van der Waals surface area contributed by atoms with E-state index >= 15 is 0 Å². The van der Waals surface area contributed by atoms with E-state index in [4.69, 9.17) is 0 Å². The molecule has 0 fully saturated rings. The lowest BCUT2D eigenvalue weighted by atomic mass is 10.1. The van der Waals surface area contributed by atoms with Crippen LogP contribution in [0.4, 0.5) is 23.2 Å². The molecule has 1 unspecified atom stereocenters. The Morgan fingerprint density at radius 3 is 2.43 bits per heavy atom. The van der Waals surface area contributed by atoms with Gasteiger partial charge in [-0.2, -0.15) is 13.2 Å². The van der Waals surface area contributed by atoms with Crippen molar-refractivity contribution in [2.45, 2.75) is 26.1 Å². The molecule has 1 atom stereocenters. The Labute approximate surface area is 119 Å². The number of halogens is 4. The van der Waals surface area contributed by atoms with Crippen molar-refractivity contribution in [3.63, 3.8) is 0 Å². The number of nitrogens with zero attached hydrogens (tertiary/aromatic N) is 2. The predicted octanol–water partition coefficient (Wildman–Crippen LogP) is 4.12. The molecule has 0 bridgehead atoms. The van der Waals surface area contributed by atoms with Crippen LogP contribution in [0.3, 0.4) is 0 Å². The predicted molar refractivity (Wildman–Crippen MR) is 70.2 cm³/mol. The lowest BCUT2D eigenvalue weighted by Crippen LogP contribution is -2.13. The molecule has 0 aliphatic carbocycles. The van der Waals surface area contributed by atoms with E-state index in [0.717, 1.165) is 12.1 Å². The summed E-state index contributed by atoms with van der Waals surface area (Å²) in [6, 6.07) is 2.44. The number of benzene rings is 1. The summed E-state index contributed by atoms with van der Waals surface area (Å²) < 4.78 is 51.2. The van der Waals surface area contributed by atoms with Gasteiger partial charge in [0.15, 0.2) is 0 Å². The third-order valence-electron chi connectivity index (χ3n) is 2.98. The van der Waals surface area contributed by atoms with Crippen LogP contribution in [-0.4, -0.2) is 9.97 Å². The Hall–Kier alpha value is -2.18. The van der Waals surface area contributed by atoms with E-state index < -0.39 is 17.6 Å². The van der Waals surface area contributed by atoms with Gasteiger partial charge in [0.25, 0.3) is 0 Å². The van der Waals surface area contributed by atoms with Crippen molar-refractivity contribution in [2.75, 3.05) is 5.32 Å². The topological polar surface area (TPSA) is 37.8 Å². The minimum absolute atomic E-state index is 0.168. The van der Waals surface area contributed by atoms with E-state index in [0.29, 0.717) is 11.4 Å². The summed E-state index contributed by atoms with van der Waals surface area (Å²) in [5.41, 5.74) is 0.169. The van der Waals surface area contributed by atoms with Gasteiger partial charge in [0.1, 0.15) is 5.82 Å². The number of aryl methyl sites for hydroxylation is 1. The lowest BCUT2D eigenvalue weighted by molar-refractivity contribution is -0.139. The first-order valence-corrected chi connectivity index (χ1v) is 6.20. The summed E-state index contributed by atoms with van der Waals surface area (Å²) in [4.78, 5) is 8.21. The summed E-state index contributed by atoms with van der Waals surface area (Å²) in [5.74, 6) is -1.30. The molecule has 2 aromatic rings. The second-order valence-corrected chi connectivity index (χ2v) is 4.59. The van der Waals surface area contributed by atoms with Gasteiger partial charge >= 0.3 is 6.18 Å². The van der Waals surface area contributed by atoms with Gasteiger partial charge in [0.05, 0.1) is 23.0 Å². The second-order valence-electron chi connectivity index (χ2n) is 4.59. The highest BCUT2D eigenvalue weighted by atomic mass is 19.4. The first kappa shape index (κ1) is 15.2. The van der Waals surface area contributed by atoms with Crippen LogP contribution in [0.25, 0.3) is 0 Å². The van der Waals surface area contributed by atoms with Crippen molar-refractivity contribution in [2.24, 2.45) is 0 Å². The minimum Gasteiger partial charge on any atom is -0.377 e. The standard InChI is InChI=1S/C14H13F4N3/c1-8-13(20-6-5-19-8)9(2)21-10-3-4-12(15)11(7-10)14(16,17)18/h3-7,9,21H,1-2H3. The smallest absolute Gasteiger partial charge is 0.377 e. The highest BCUT2D eigenvalue weighted by Crippen LogP contribution is 2.33. The van der Waals surface area contributed by atoms with E-state index in [1.807, 2.05) is 0 Å². The summed E-state index contributed by atoms with van der Waals surface area (Å²) in [5, 5.41) is 2.87. The number of aromatic nitrogens is 2. The van der Waals surface area contributed by atoms with Crippen LogP contribution in [-0.2, 0) is 6.18 Å². The van der Waals surface area contributed by atoms with E-state index in [1.165, 1.54) is 18.5 Å². The minimum atomic E-state index is -4.73. The molecular weight excluding hydrogens is 286 g/mol. The molecule has 1 heterocycles. The van der Waals surface area contributed by atoms with Crippen molar-refractivity contribution >= 4 is 5.69 Å². The van der Waals surface area contributed by atoms with Gasteiger partial charge in [-0.3, -0.25) is 9.97 Å². The fourth-order valence-electron chi connectivity index (χ4n) is 1.99. The average molecular weight is 299 g/mol. The zero-order valence-electron chi connectivity index (χ0n) is 11.4. The summed E-state index contributed by atoms with van der Waals surface area (Å²) in [6.07, 6.45) is -1.69. The third-order valence-corrected chi connectivity index (χ3v) is 2.98. The molecule has 0 saturated carbocycles. The maximum Gasteiger partial charge on any atom is 0.419 e. The van der Waals surface area contributed by atoms with Gasteiger partial charge < -0.3 is 5.32 Å². The summed E-state index contributed by atoms with van der Waals surface area (Å²) in [6.45, 7) is 3.50. The third kappa shape index (κ3) is 3.48. The van der Waals surface area contributed by atoms with Crippen molar-refractivity contribution in [1.29, 1.82) is 0 Å². The van der Waals surface area contributed by atoms with Crippen LogP contribution in [0, 0.1) is 12.7 Å². The monoisotopic (exact) mass is 299 g/mol. The first-order valence-electron chi connectivity index (χ1n) is 6.20. The van der Waals surface area contributed by atoms with Crippen LogP contribution in [0.15, 0.2) is 30.6 Å². The van der Waals surface area contributed by atoms with Crippen molar-refractivity contribution < 1.29 is 17.6 Å². The summed E-state index contributed by atoms with van der Waals surface area (Å²) in [7, 11) is 0. The summed E-state index contributed by atoms with van der Waals surface area (Å²) >= 11 is 0. The van der Waals surface area contributed by atoms with E-state index in [2.05, 4.69) is 15.3 Å². The molecule has 1 N–H and O–H groups in total. The molecule has 21 heavy (non-hydrogen) atoms. The molecule has 0 radical (unpaired) electrons. The van der Waals surface area contributed by atoms with Crippen LogP contribution in [0.5, 0.6) is 0 Å². The molecule has 2 rings (SSSR count). The highest BCUT2D eigenvalue weighted by Gasteiger charge is 2.34. The number of hydrogen-bond donors (Lipinski definition) is 1. The maximum atomic E-state index is 13.2. The Morgan fingerprint density at radius 1 is 1.14 bits per heavy atom. The quantitative estimate of drug-likeness (QED) is 0.866. The van der Waals surface area contributed by atoms with E-state index in [-0.39, 0.29) is 11.7 Å². The molecule has 112 valence electrons. The van der Waals surface area contributed by atoms with Crippen molar-refractivity contribution in [3.8, 4) is 0 Å². The van der Waals surface area contributed by atoms with E-state index in [1.54, 1.807) is 13.8 Å². The maximum absolute atomic E-state index is 13.2. The van der Waals surface area contributed by atoms with Crippen LogP contribution in [0.2, 0.25) is 0 Å². The zero-order chi connectivity index (χ0) is 15.6. The van der Waals surface area contributed by atoms with Crippen LogP contribution < -0.4 is 5.32 Å². The van der Waals surface area contributed by atoms with Gasteiger partial charge in [-0.1, -0.05) is 0 Å². The zero-order valence-corrected chi connectivity index (χ0v) is 11.4. The Morgan fingerprint density at radius 2 is 1.81 bits per heavy atom. The van der Waals surface area contributed by atoms with Gasteiger partial charge in [0.2, 0.25) is 0 Å². The number of hydrogen-bond acceptors (Lipinski definition) is 3. The van der Waals surface area contributed by atoms with Crippen LogP contribution >= 0.6 is 0 Å². The number of anilines is 1. The first-order chi connectivity index (χ1) is 9.79. The normalized spacial score (nSPS) is 13.0. The molecular formula is C14H13F4N3.